The Morgan fingerprint density at radius 2 is 2.00 bits per heavy atom. The van der Waals surface area contributed by atoms with E-state index in [9.17, 15) is 13.6 Å². The summed E-state index contributed by atoms with van der Waals surface area (Å²) >= 11 is 1.03. The molecule has 6 heteroatoms. The molecule has 1 heterocycles. The Bertz CT molecular complexity index is 554. The molecule has 1 N–H and O–H groups in total. The van der Waals surface area contributed by atoms with Crippen LogP contribution in [0.5, 0.6) is 0 Å². The lowest BCUT2D eigenvalue weighted by Gasteiger charge is -2.07. The zero-order valence-electron chi connectivity index (χ0n) is 9.14. The van der Waals surface area contributed by atoms with Crippen molar-refractivity contribution >= 4 is 17.3 Å². The van der Waals surface area contributed by atoms with E-state index in [1.807, 2.05) is 30.3 Å². The average Bonchev–Trinajstić information content (AvgIpc) is 2.78. The summed E-state index contributed by atoms with van der Waals surface area (Å²) in [4.78, 5) is 14.4. The molecule has 0 atom stereocenters. The van der Waals surface area contributed by atoms with E-state index in [2.05, 4.69) is 4.98 Å². The second kappa shape index (κ2) is 4.81. The normalized spacial score (nSPS) is 11.4. The number of aromatic nitrogens is 1. The van der Waals surface area contributed by atoms with Gasteiger partial charge >= 0.3 is 11.9 Å². The molecule has 1 aromatic heterocycles. The van der Waals surface area contributed by atoms with E-state index in [0.29, 0.717) is 5.69 Å². The molecule has 0 aliphatic carbocycles. The van der Waals surface area contributed by atoms with Crippen LogP contribution >= 0.6 is 11.3 Å². The zero-order valence-corrected chi connectivity index (χ0v) is 9.95. The van der Waals surface area contributed by atoms with Crippen LogP contribution in [0.15, 0.2) is 35.7 Å². The lowest BCUT2D eigenvalue weighted by Crippen LogP contribution is -2.30. The predicted molar refractivity (Wildman–Crippen MR) is 63.8 cm³/mol. The summed E-state index contributed by atoms with van der Waals surface area (Å²) in [7, 11) is 0. The van der Waals surface area contributed by atoms with Crippen LogP contribution in [0, 0.1) is 0 Å². The molecule has 0 radical (unpaired) electrons. The van der Waals surface area contributed by atoms with Crippen LogP contribution in [0.3, 0.4) is 0 Å². The minimum atomic E-state index is -3.77. The molecular formula is C12H9F2NO2S. The number of hydrogen-bond donors (Lipinski definition) is 1. The zero-order chi connectivity index (χ0) is 13.2. The highest BCUT2D eigenvalue weighted by atomic mass is 32.1. The first-order chi connectivity index (χ1) is 8.49. The highest BCUT2D eigenvalue weighted by Gasteiger charge is 2.39. The number of nitrogens with zero attached hydrogens (tertiary/aromatic N) is 1. The van der Waals surface area contributed by atoms with Crippen molar-refractivity contribution in [3.05, 3.63) is 40.7 Å². The fraction of sp³-hybridized carbons (Fsp3) is 0.167. The van der Waals surface area contributed by atoms with Gasteiger partial charge in [-0.15, -0.1) is 11.3 Å². The number of rotatable bonds is 4. The van der Waals surface area contributed by atoms with Gasteiger partial charge in [-0.05, 0) is 0 Å². The standard InChI is InChI=1S/C12H9F2NO2S/c13-12(14,11(16)17)6-10-15-9(7-18-10)8-4-2-1-3-5-8/h1-5,7H,6H2,(H,16,17). The molecule has 2 rings (SSSR count). The molecule has 0 aliphatic rings. The third-order valence-electron chi connectivity index (χ3n) is 2.31. The maximum Gasteiger partial charge on any atom is 0.375 e. The third kappa shape index (κ3) is 2.70. The molecule has 0 unspecified atom stereocenters. The fourth-order valence-electron chi connectivity index (χ4n) is 1.40. The monoisotopic (exact) mass is 269 g/mol. The summed E-state index contributed by atoms with van der Waals surface area (Å²) in [5.74, 6) is -5.90. The Morgan fingerprint density at radius 3 is 2.61 bits per heavy atom. The molecule has 0 saturated heterocycles. The number of hydrogen-bond acceptors (Lipinski definition) is 3. The Kier molecular flexibility index (Phi) is 3.38. The minimum Gasteiger partial charge on any atom is -0.477 e. The van der Waals surface area contributed by atoms with Crippen LogP contribution in [0.2, 0.25) is 0 Å². The van der Waals surface area contributed by atoms with Gasteiger partial charge in [0.1, 0.15) is 0 Å². The van der Waals surface area contributed by atoms with Crippen LogP contribution in [0.1, 0.15) is 5.01 Å². The van der Waals surface area contributed by atoms with Crippen LogP contribution in [-0.4, -0.2) is 22.0 Å². The smallest absolute Gasteiger partial charge is 0.375 e. The molecule has 0 fully saturated rings. The first kappa shape index (κ1) is 12.6. The van der Waals surface area contributed by atoms with E-state index in [4.69, 9.17) is 5.11 Å². The van der Waals surface area contributed by atoms with Gasteiger partial charge in [-0.3, -0.25) is 0 Å². The second-order valence-corrected chi connectivity index (χ2v) is 4.62. The maximum absolute atomic E-state index is 13.0. The number of carboxylic acid groups (broad SMARTS) is 1. The average molecular weight is 269 g/mol. The number of halogens is 2. The van der Waals surface area contributed by atoms with E-state index in [-0.39, 0.29) is 5.01 Å². The van der Waals surface area contributed by atoms with Crippen molar-refractivity contribution in [2.75, 3.05) is 0 Å². The van der Waals surface area contributed by atoms with Gasteiger partial charge in [0, 0.05) is 10.9 Å². The molecule has 18 heavy (non-hydrogen) atoms. The Balaban J connectivity index is 2.19. The number of carboxylic acids is 1. The Morgan fingerprint density at radius 1 is 1.33 bits per heavy atom. The number of alkyl halides is 2. The molecule has 3 nitrogen and oxygen atoms in total. The van der Waals surface area contributed by atoms with Gasteiger partial charge in [0.25, 0.3) is 0 Å². The van der Waals surface area contributed by atoms with E-state index in [0.717, 1.165) is 16.9 Å². The Labute approximate surface area is 106 Å². The molecule has 0 amide bonds. The molecular weight excluding hydrogens is 260 g/mol. The molecule has 0 bridgehead atoms. The third-order valence-corrected chi connectivity index (χ3v) is 3.16. The van der Waals surface area contributed by atoms with Gasteiger partial charge < -0.3 is 5.11 Å². The molecule has 2 aromatic rings. The van der Waals surface area contributed by atoms with Crippen molar-refractivity contribution in [3.63, 3.8) is 0 Å². The van der Waals surface area contributed by atoms with Crippen molar-refractivity contribution in [1.29, 1.82) is 0 Å². The van der Waals surface area contributed by atoms with E-state index in [1.54, 1.807) is 5.38 Å². The summed E-state index contributed by atoms with van der Waals surface area (Å²) < 4.78 is 26.0. The highest BCUT2D eigenvalue weighted by molar-refractivity contribution is 7.10. The largest absolute Gasteiger partial charge is 0.477 e. The Hall–Kier alpha value is -1.82. The van der Waals surface area contributed by atoms with Gasteiger partial charge in [-0.2, -0.15) is 8.78 Å². The molecule has 1 aromatic carbocycles. The summed E-state index contributed by atoms with van der Waals surface area (Å²) in [6.45, 7) is 0. The van der Waals surface area contributed by atoms with Crippen molar-refractivity contribution in [2.45, 2.75) is 12.3 Å². The van der Waals surface area contributed by atoms with E-state index < -0.39 is 18.3 Å². The highest BCUT2D eigenvalue weighted by Crippen LogP contribution is 2.26. The van der Waals surface area contributed by atoms with Crippen molar-refractivity contribution < 1.29 is 18.7 Å². The van der Waals surface area contributed by atoms with Crippen LogP contribution in [0.25, 0.3) is 11.3 Å². The molecule has 94 valence electrons. The van der Waals surface area contributed by atoms with Gasteiger partial charge in [0.2, 0.25) is 0 Å². The first-order valence-electron chi connectivity index (χ1n) is 5.10. The molecule has 0 spiro atoms. The van der Waals surface area contributed by atoms with E-state index in [1.165, 1.54) is 0 Å². The van der Waals surface area contributed by atoms with Crippen molar-refractivity contribution in [3.8, 4) is 11.3 Å². The maximum atomic E-state index is 13.0. The number of benzene rings is 1. The summed E-state index contributed by atoms with van der Waals surface area (Å²) in [6.07, 6.45) is -0.875. The van der Waals surface area contributed by atoms with Crippen LogP contribution in [-0.2, 0) is 11.2 Å². The van der Waals surface area contributed by atoms with E-state index >= 15 is 0 Å². The molecule has 0 saturated carbocycles. The fourth-order valence-corrected chi connectivity index (χ4v) is 2.25. The van der Waals surface area contributed by atoms with Gasteiger partial charge in [0.15, 0.2) is 0 Å². The lowest BCUT2D eigenvalue weighted by molar-refractivity contribution is -0.164. The summed E-state index contributed by atoms with van der Waals surface area (Å²) in [5, 5.41) is 10.1. The van der Waals surface area contributed by atoms with Gasteiger partial charge in [0.05, 0.1) is 17.1 Å². The number of aliphatic carboxylic acids is 1. The van der Waals surface area contributed by atoms with Crippen molar-refractivity contribution in [2.24, 2.45) is 0 Å². The minimum absolute atomic E-state index is 0.112. The van der Waals surface area contributed by atoms with Crippen LogP contribution in [0.4, 0.5) is 8.78 Å². The number of thiazole rings is 1. The first-order valence-corrected chi connectivity index (χ1v) is 5.98. The summed E-state index contributed by atoms with van der Waals surface area (Å²) in [5.41, 5.74) is 1.40. The van der Waals surface area contributed by atoms with Gasteiger partial charge in [-0.25, -0.2) is 9.78 Å². The predicted octanol–water partition coefficient (Wildman–Crippen LogP) is 3.07. The second-order valence-electron chi connectivity index (χ2n) is 3.68. The SMILES string of the molecule is O=C(O)C(F)(F)Cc1nc(-c2ccccc2)cs1. The number of carbonyl (C=O) groups is 1. The topological polar surface area (TPSA) is 50.2 Å². The van der Waals surface area contributed by atoms with Crippen molar-refractivity contribution in [1.82, 2.24) is 4.98 Å². The van der Waals surface area contributed by atoms with Gasteiger partial charge in [-0.1, -0.05) is 30.3 Å². The molecule has 0 aliphatic heterocycles. The quantitative estimate of drug-likeness (QED) is 0.928. The lowest BCUT2D eigenvalue weighted by atomic mass is 10.2. The van der Waals surface area contributed by atoms with Crippen LogP contribution < -0.4 is 0 Å². The summed E-state index contributed by atoms with van der Waals surface area (Å²) in [6, 6.07) is 9.11.